The molecule has 1 aromatic carbocycles. The van der Waals surface area contributed by atoms with Gasteiger partial charge in [0, 0.05) is 5.69 Å². The summed E-state index contributed by atoms with van der Waals surface area (Å²) in [4.78, 5) is -0.197. The van der Waals surface area contributed by atoms with Crippen molar-refractivity contribution in [1.29, 1.82) is 0 Å². The van der Waals surface area contributed by atoms with Crippen LogP contribution in [0.5, 0.6) is 0 Å². The maximum atomic E-state index is 11.0. The number of hydrogen-bond donors (Lipinski definition) is 1. The van der Waals surface area contributed by atoms with E-state index in [1.807, 2.05) is 13.8 Å². The van der Waals surface area contributed by atoms with E-state index in [9.17, 15) is 13.0 Å². The molecule has 0 saturated heterocycles. The van der Waals surface area contributed by atoms with Gasteiger partial charge in [-0.1, -0.05) is 19.9 Å². The van der Waals surface area contributed by atoms with Crippen molar-refractivity contribution < 1.29 is 42.5 Å². The zero-order chi connectivity index (χ0) is 11.6. The first-order valence-corrected chi connectivity index (χ1v) is 6.12. The van der Waals surface area contributed by atoms with Gasteiger partial charge in [0.1, 0.15) is 10.1 Å². The number of nitrogens with two attached hydrogens (primary N) is 1. The Morgan fingerprint density at radius 3 is 2.44 bits per heavy atom. The Bertz CT molecular complexity index is 459. The van der Waals surface area contributed by atoms with E-state index in [2.05, 4.69) is 0 Å². The van der Waals surface area contributed by atoms with Crippen molar-refractivity contribution in [2.45, 2.75) is 31.1 Å². The molecule has 0 fully saturated rings. The van der Waals surface area contributed by atoms with Crippen LogP contribution >= 0.6 is 0 Å². The second-order valence-corrected chi connectivity index (χ2v) is 4.91. The first-order valence-electron chi connectivity index (χ1n) is 4.71. The van der Waals surface area contributed by atoms with Crippen molar-refractivity contribution in [3.63, 3.8) is 0 Å². The predicted molar refractivity (Wildman–Crippen MR) is 57.5 cm³/mol. The van der Waals surface area contributed by atoms with Gasteiger partial charge < -0.3 is 10.3 Å². The van der Waals surface area contributed by atoms with Gasteiger partial charge in [-0.05, 0) is 30.0 Å². The standard InChI is InChI=1S/C10H15NO3S.Na/c1-3-7(2)9-5-4-8(11)6-10(9)15(12,13)14;/h4-7H,3,11H2,1-2H3,(H,12,13,14);/q;+1/p-1. The van der Waals surface area contributed by atoms with Crippen molar-refractivity contribution in [2.24, 2.45) is 0 Å². The molecule has 6 heteroatoms. The third-order valence-corrected chi connectivity index (χ3v) is 3.34. The Labute approximate surface area is 118 Å². The van der Waals surface area contributed by atoms with Crippen LogP contribution in [0.15, 0.2) is 23.1 Å². The van der Waals surface area contributed by atoms with Crippen LogP contribution in [0, 0.1) is 0 Å². The summed E-state index contributed by atoms with van der Waals surface area (Å²) in [5, 5.41) is 0. The molecule has 1 unspecified atom stereocenters. The van der Waals surface area contributed by atoms with Crippen LogP contribution in [0.25, 0.3) is 0 Å². The summed E-state index contributed by atoms with van der Waals surface area (Å²) in [6.45, 7) is 3.81. The molecule has 0 radical (unpaired) electrons. The molecular weight excluding hydrogens is 237 g/mol. The van der Waals surface area contributed by atoms with Crippen LogP contribution < -0.4 is 35.3 Å². The van der Waals surface area contributed by atoms with Crippen molar-refractivity contribution >= 4 is 15.8 Å². The van der Waals surface area contributed by atoms with Gasteiger partial charge in [-0.2, -0.15) is 0 Å². The Hall–Kier alpha value is -0.0700. The van der Waals surface area contributed by atoms with E-state index in [0.29, 0.717) is 5.56 Å². The summed E-state index contributed by atoms with van der Waals surface area (Å²) in [5.41, 5.74) is 6.29. The number of anilines is 1. The minimum absolute atomic E-state index is 0. The van der Waals surface area contributed by atoms with Gasteiger partial charge in [0.2, 0.25) is 0 Å². The van der Waals surface area contributed by atoms with Gasteiger partial charge >= 0.3 is 29.6 Å². The van der Waals surface area contributed by atoms with E-state index in [4.69, 9.17) is 5.73 Å². The van der Waals surface area contributed by atoms with Crippen LogP contribution in [0.3, 0.4) is 0 Å². The van der Waals surface area contributed by atoms with E-state index in [-0.39, 0.29) is 46.1 Å². The molecule has 1 atom stereocenters. The summed E-state index contributed by atoms with van der Waals surface area (Å²) >= 11 is 0. The minimum atomic E-state index is -4.44. The molecule has 1 aromatic rings. The first-order chi connectivity index (χ1) is 6.86. The van der Waals surface area contributed by atoms with E-state index in [1.165, 1.54) is 6.07 Å². The summed E-state index contributed by atoms with van der Waals surface area (Å²) in [7, 11) is -4.44. The average Bonchev–Trinajstić information content (AvgIpc) is 2.15. The maximum Gasteiger partial charge on any atom is 1.00 e. The second-order valence-electron chi connectivity index (χ2n) is 3.56. The molecule has 0 saturated carbocycles. The largest absolute Gasteiger partial charge is 1.00 e. The summed E-state index contributed by atoms with van der Waals surface area (Å²) in [6, 6.07) is 4.44. The molecule has 0 bridgehead atoms. The molecule has 4 nitrogen and oxygen atoms in total. The molecule has 16 heavy (non-hydrogen) atoms. The van der Waals surface area contributed by atoms with Crippen molar-refractivity contribution in [3.8, 4) is 0 Å². The van der Waals surface area contributed by atoms with Gasteiger partial charge in [-0.15, -0.1) is 0 Å². The quantitative estimate of drug-likeness (QED) is 0.411. The molecule has 0 aromatic heterocycles. The van der Waals surface area contributed by atoms with Crippen molar-refractivity contribution in [3.05, 3.63) is 23.8 Å². The summed E-state index contributed by atoms with van der Waals surface area (Å²) in [5.74, 6) is 0.0318. The topological polar surface area (TPSA) is 83.2 Å². The number of rotatable bonds is 3. The van der Waals surface area contributed by atoms with Crippen molar-refractivity contribution in [1.82, 2.24) is 0 Å². The summed E-state index contributed by atoms with van der Waals surface area (Å²) < 4.78 is 33.0. The molecule has 0 amide bonds. The van der Waals surface area contributed by atoms with Crippen LogP contribution in [-0.4, -0.2) is 13.0 Å². The van der Waals surface area contributed by atoms with Crippen LogP contribution in [0.4, 0.5) is 5.69 Å². The zero-order valence-corrected chi connectivity index (χ0v) is 12.5. The SMILES string of the molecule is CCC(C)c1ccc(N)cc1S(=O)(=O)[O-].[Na+]. The van der Waals surface area contributed by atoms with Gasteiger partial charge in [-0.25, -0.2) is 8.42 Å². The van der Waals surface area contributed by atoms with Gasteiger partial charge in [0.15, 0.2) is 0 Å². The molecule has 1 rings (SSSR count). The molecule has 0 spiro atoms. The Morgan fingerprint density at radius 1 is 1.44 bits per heavy atom. The monoisotopic (exact) mass is 251 g/mol. The maximum absolute atomic E-state index is 11.0. The van der Waals surface area contributed by atoms with Gasteiger partial charge in [0.05, 0.1) is 4.90 Å². The predicted octanol–water partition coefficient (Wildman–Crippen LogP) is -1.31. The molecule has 84 valence electrons. The fourth-order valence-electron chi connectivity index (χ4n) is 1.39. The molecular formula is C10H14NNaO3S. The Morgan fingerprint density at radius 2 is 2.00 bits per heavy atom. The van der Waals surface area contributed by atoms with E-state index in [0.717, 1.165) is 6.42 Å². The fourth-order valence-corrected chi connectivity index (χ4v) is 2.23. The number of nitrogen functional groups attached to an aromatic ring is 1. The first kappa shape index (κ1) is 15.9. The molecule has 0 aliphatic rings. The Kier molecular flexibility index (Phi) is 6.00. The van der Waals surface area contributed by atoms with E-state index >= 15 is 0 Å². The van der Waals surface area contributed by atoms with Crippen LogP contribution in [0.2, 0.25) is 0 Å². The summed E-state index contributed by atoms with van der Waals surface area (Å²) in [6.07, 6.45) is 0.770. The number of benzene rings is 1. The Balaban J connectivity index is 0.00000225. The van der Waals surface area contributed by atoms with Gasteiger partial charge in [0.25, 0.3) is 0 Å². The van der Waals surface area contributed by atoms with E-state index < -0.39 is 10.1 Å². The fraction of sp³-hybridized carbons (Fsp3) is 0.400. The molecule has 2 N–H and O–H groups in total. The van der Waals surface area contributed by atoms with Crippen LogP contribution in [0.1, 0.15) is 31.7 Å². The third kappa shape index (κ3) is 3.75. The average molecular weight is 251 g/mol. The molecule has 0 aliphatic heterocycles. The van der Waals surface area contributed by atoms with Crippen molar-refractivity contribution in [2.75, 3.05) is 5.73 Å². The van der Waals surface area contributed by atoms with E-state index in [1.54, 1.807) is 12.1 Å². The minimum Gasteiger partial charge on any atom is -0.744 e. The zero-order valence-electron chi connectivity index (χ0n) is 9.73. The molecule has 0 heterocycles. The second kappa shape index (κ2) is 6.02. The third-order valence-electron chi connectivity index (χ3n) is 2.45. The normalized spacial score (nSPS) is 12.9. The van der Waals surface area contributed by atoms with Crippen LogP contribution in [-0.2, 0) is 10.1 Å². The molecule has 0 aliphatic carbocycles. The van der Waals surface area contributed by atoms with Gasteiger partial charge in [-0.3, -0.25) is 0 Å². The smallest absolute Gasteiger partial charge is 0.744 e. The number of hydrogen-bond acceptors (Lipinski definition) is 4.